The largest absolute Gasteiger partial charge is 0.444 e. The zero-order chi connectivity index (χ0) is 32.9. The van der Waals surface area contributed by atoms with Gasteiger partial charge in [0.2, 0.25) is 5.91 Å². The Labute approximate surface area is 270 Å². The van der Waals surface area contributed by atoms with Crippen molar-refractivity contribution in [3.63, 3.8) is 0 Å². The molecular weight excluding hydrogens is 578 g/mol. The summed E-state index contributed by atoms with van der Waals surface area (Å²) in [5, 5.41) is 0. The van der Waals surface area contributed by atoms with Crippen LogP contribution in [0.15, 0.2) is 60.9 Å². The lowest BCUT2D eigenvalue weighted by molar-refractivity contribution is -0.132. The zero-order valence-corrected chi connectivity index (χ0v) is 27.7. The van der Waals surface area contributed by atoms with Crippen LogP contribution in [0.2, 0.25) is 0 Å². The Balaban J connectivity index is 1.16. The standard InChI is InChI=1S/C36H45N7O3/c1-34(2,3)43-20-8-18-36(43,32(37)44)29-22-39-31(41-29)26-16-12-24(13-17-26)23-10-14-25(15-11-23)30-38-21-27(40-30)28-9-7-19-42(28)33(45)46-35(4,5)6/h10-17,21-22,28H,7-9,18-20H2,1-6H3,(H2,37,44)(H,38,40)(H,39,41). The number of nitrogens with two attached hydrogens (primary N) is 1. The van der Waals surface area contributed by atoms with Gasteiger partial charge >= 0.3 is 6.09 Å². The van der Waals surface area contributed by atoms with E-state index >= 15 is 0 Å². The lowest BCUT2D eigenvalue weighted by Crippen LogP contribution is -2.58. The average Bonchev–Trinajstić information content (AvgIpc) is 3.82. The van der Waals surface area contributed by atoms with Gasteiger partial charge in [0.25, 0.3) is 0 Å². The molecule has 0 bridgehead atoms. The van der Waals surface area contributed by atoms with Crippen molar-refractivity contribution in [2.45, 2.75) is 89.9 Å². The fourth-order valence-corrected chi connectivity index (χ4v) is 7.00. The number of hydrogen-bond acceptors (Lipinski definition) is 6. The summed E-state index contributed by atoms with van der Waals surface area (Å²) in [7, 11) is 0. The van der Waals surface area contributed by atoms with Crippen molar-refractivity contribution in [2.75, 3.05) is 13.1 Å². The van der Waals surface area contributed by atoms with E-state index in [2.05, 4.69) is 82.0 Å². The van der Waals surface area contributed by atoms with Crippen molar-refractivity contribution in [1.82, 2.24) is 29.7 Å². The molecule has 2 unspecified atom stereocenters. The SMILES string of the molecule is CC(C)(C)OC(=O)N1CCCC1c1cnc(-c2ccc(-c3ccc(-c4ncc(C5(C(N)=O)CCCN5C(C)(C)C)[nH]4)cc3)cc2)[nH]1. The molecule has 2 amide bonds. The summed E-state index contributed by atoms with van der Waals surface area (Å²) in [4.78, 5) is 45.8. The van der Waals surface area contributed by atoms with E-state index in [0.29, 0.717) is 18.8 Å². The number of amides is 2. The van der Waals surface area contributed by atoms with Crippen LogP contribution in [0.25, 0.3) is 33.9 Å². The number of aromatic nitrogens is 4. The van der Waals surface area contributed by atoms with E-state index in [-0.39, 0.29) is 23.6 Å². The summed E-state index contributed by atoms with van der Waals surface area (Å²) in [6, 6.07) is 16.4. The van der Waals surface area contributed by atoms with Gasteiger partial charge in [0, 0.05) is 29.8 Å². The molecule has 10 heteroatoms. The number of nitrogens with zero attached hydrogens (tertiary/aromatic N) is 4. The van der Waals surface area contributed by atoms with Gasteiger partial charge in [0.05, 0.1) is 29.8 Å². The molecule has 6 rings (SSSR count). The third-order valence-corrected chi connectivity index (χ3v) is 9.11. The molecule has 4 aromatic rings. The number of ether oxygens (including phenoxy) is 1. The molecule has 0 spiro atoms. The van der Waals surface area contributed by atoms with Gasteiger partial charge in [-0.2, -0.15) is 0 Å². The predicted molar refractivity (Wildman–Crippen MR) is 179 cm³/mol. The molecule has 2 saturated heterocycles. The number of rotatable bonds is 6. The molecule has 2 fully saturated rings. The number of hydrogen-bond donors (Lipinski definition) is 3. The molecule has 2 aromatic carbocycles. The highest BCUT2D eigenvalue weighted by molar-refractivity contribution is 5.86. The van der Waals surface area contributed by atoms with Gasteiger partial charge in [-0.05, 0) is 78.4 Å². The number of carbonyl (C=O) groups is 2. The van der Waals surface area contributed by atoms with Crippen LogP contribution in [0.3, 0.4) is 0 Å². The first-order valence-corrected chi connectivity index (χ1v) is 16.2. The molecule has 242 valence electrons. The summed E-state index contributed by atoms with van der Waals surface area (Å²) in [5.41, 5.74) is 10.1. The highest BCUT2D eigenvalue weighted by Gasteiger charge is 2.52. The molecule has 0 aliphatic carbocycles. The number of likely N-dealkylation sites (tertiary alicyclic amines) is 2. The molecule has 46 heavy (non-hydrogen) atoms. The summed E-state index contributed by atoms with van der Waals surface area (Å²) in [6.07, 6.45) is 6.67. The van der Waals surface area contributed by atoms with Crippen molar-refractivity contribution in [3.8, 4) is 33.9 Å². The van der Waals surface area contributed by atoms with Crippen molar-refractivity contribution >= 4 is 12.0 Å². The van der Waals surface area contributed by atoms with Crippen molar-refractivity contribution in [2.24, 2.45) is 5.73 Å². The Morgan fingerprint density at radius 2 is 1.39 bits per heavy atom. The Morgan fingerprint density at radius 3 is 1.96 bits per heavy atom. The number of imidazole rings is 2. The van der Waals surface area contributed by atoms with E-state index < -0.39 is 11.1 Å². The lowest BCUT2D eigenvalue weighted by Gasteiger charge is -2.43. The minimum atomic E-state index is -0.894. The van der Waals surface area contributed by atoms with Gasteiger partial charge in [-0.3, -0.25) is 14.6 Å². The number of benzene rings is 2. The van der Waals surface area contributed by atoms with Crippen molar-refractivity contribution < 1.29 is 14.3 Å². The Kier molecular flexibility index (Phi) is 8.04. The molecule has 10 nitrogen and oxygen atoms in total. The third kappa shape index (κ3) is 5.93. The van der Waals surface area contributed by atoms with Gasteiger partial charge in [-0.25, -0.2) is 14.8 Å². The second kappa shape index (κ2) is 11.7. The van der Waals surface area contributed by atoms with Crippen LogP contribution in [0, 0.1) is 0 Å². The molecule has 4 N–H and O–H groups in total. The fourth-order valence-electron chi connectivity index (χ4n) is 7.00. The minimum Gasteiger partial charge on any atom is -0.444 e. The van der Waals surface area contributed by atoms with E-state index in [0.717, 1.165) is 65.3 Å². The Bertz CT molecular complexity index is 1710. The summed E-state index contributed by atoms with van der Waals surface area (Å²) < 4.78 is 5.63. The molecule has 0 saturated carbocycles. The summed E-state index contributed by atoms with van der Waals surface area (Å²) in [5.74, 6) is 1.13. The molecule has 2 aliphatic rings. The van der Waals surface area contributed by atoms with Crippen LogP contribution in [-0.2, 0) is 15.1 Å². The van der Waals surface area contributed by atoms with Crippen LogP contribution < -0.4 is 5.73 Å². The number of aromatic amines is 2. The maximum absolute atomic E-state index is 12.9. The molecular formula is C36H45N7O3. The minimum absolute atomic E-state index is 0.0731. The number of nitrogens with one attached hydrogen (secondary N) is 2. The third-order valence-electron chi connectivity index (χ3n) is 9.11. The van der Waals surface area contributed by atoms with Gasteiger partial charge in [0.15, 0.2) is 0 Å². The number of carbonyl (C=O) groups excluding carboxylic acids is 2. The number of primary amides is 1. The summed E-state index contributed by atoms with van der Waals surface area (Å²) in [6.45, 7) is 13.5. The van der Waals surface area contributed by atoms with Gasteiger partial charge < -0.3 is 20.4 Å². The fraction of sp³-hybridized carbons (Fsp3) is 0.444. The second-order valence-electron chi connectivity index (χ2n) is 14.5. The Hall–Kier alpha value is -4.44. The van der Waals surface area contributed by atoms with Crippen LogP contribution in [0.4, 0.5) is 4.79 Å². The predicted octanol–water partition coefficient (Wildman–Crippen LogP) is 6.78. The van der Waals surface area contributed by atoms with E-state index in [4.69, 9.17) is 10.5 Å². The van der Waals surface area contributed by atoms with Crippen LogP contribution in [0.1, 0.15) is 84.7 Å². The highest BCUT2D eigenvalue weighted by atomic mass is 16.6. The van der Waals surface area contributed by atoms with E-state index in [1.807, 2.05) is 39.1 Å². The van der Waals surface area contributed by atoms with Crippen LogP contribution in [0.5, 0.6) is 0 Å². The first-order chi connectivity index (χ1) is 21.8. The van der Waals surface area contributed by atoms with Gasteiger partial charge in [0.1, 0.15) is 22.8 Å². The maximum Gasteiger partial charge on any atom is 0.410 e. The molecule has 0 radical (unpaired) electrons. The lowest BCUT2D eigenvalue weighted by atomic mass is 9.88. The zero-order valence-electron chi connectivity index (χ0n) is 27.7. The second-order valence-corrected chi connectivity index (χ2v) is 14.5. The van der Waals surface area contributed by atoms with E-state index in [1.165, 1.54) is 0 Å². The molecule has 2 aromatic heterocycles. The first-order valence-electron chi connectivity index (χ1n) is 16.2. The Morgan fingerprint density at radius 1 is 0.826 bits per heavy atom. The average molecular weight is 624 g/mol. The topological polar surface area (TPSA) is 133 Å². The van der Waals surface area contributed by atoms with Crippen molar-refractivity contribution in [1.29, 1.82) is 0 Å². The van der Waals surface area contributed by atoms with E-state index in [1.54, 1.807) is 11.1 Å². The first kappa shape index (κ1) is 31.5. The van der Waals surface area contributed by atoms with Crippen LogP contribution >= 0.6 is 0 Å². The monoisotopic (exact) mass is 623 g/mol. The quantitative estimate of drug-likeness (QED) is 0.217. The molecule has 4 heterocycles. The highest BCUT2D eigenvalue weighted by Crippen LogP contribution is 2.43. The molecule has 2 atom stereocenters. The summed E-state index contributed by atoms with van der Waals surface area (Å²) >= 11 is 0. The number of H-pyrrole nitrogens is 2. The van der Waals surface area contributed by atoms with Gasteiger partial charge in [-0.15, -0.1) is 0 Å². The maximum atomic E-state index is 12.9. The van der Waals surface area contributed by atoms with E-state index in [9.17, 15) is 9.59 Å². The molecule has 2 aliphatic heterocycles. The van der Waals surface area contributed by atoms with Crippen LogP contribution in [-0.4, -0.2) is 66.0 Å². The smallest absolute Gasteiger partial charge is 0.410 e. The van der Waals surface area contributed by atoms with Crippen molar-refractivity contribution in [3.05, 3.63) is 72.3 Å². The normalized spacial score (nSPS) is 20.7. The van der Waals surface area contributed by atoms with Gasteiger partial charge in [-0.1, -0.05) is 48.5 Å².